The van der Waals surface area contributed by atoms with Gasteiger partial charge in [0.05, 0.1) is 0 Å². The molecular weight excluding hydrogens is 228 g/mol. The molecule has 1 nitrogen and oxygen atoms in total. The number of unbranched alkanes of at least 4 members (excludes halogenated alkanes) is 1. The second-order valence-electron chi connectivity index (χ2n) is 4.07. The van der Waals surface area contributed by atoms with E-state index in [1.54, 1.807) is 7.11 Å². The molecular formula is C11H23BrO. The third-order valence-corrected chi connectivity index (χ3v) is 3.26. The van der Waals surface area contributed by atoms with E-state index in [9.17, 15) is 0 Å². The van der Waals surface area contributed by atoms with Crippen LogP contribution in [0.4, 0.5) is 0 Å². The third-order valence-electron chi connectivity index (χ3n) is 2.58. The first kappa shape index (κ1) is 13.4. The minimum atomic E-state index is 0.634. The molecule has 0 saturated carbocycles. The maximum absolute atomic E-state index is 5.03. The summed E-state index contributed by atoms with van der Waals surface area (Å²) in [5.41, 5.74) is 0. The van der Waals surface area contributed by atoms with Crippen LogP contribution in [0.15, 0.2) is 0 Å². The quantitative estimate of drug-likeness (QED) is 0.493. The predicted molar refractivity (Wildman–Crippen MR) is 62.4 cm³/mol. The number of alkyl halides is 1. The molecule has 0 aliphatic carbocycles. The van der Waals surface area contributed by atoms with E-state index in [0.29, 0.717) is 4.83 Å². The molecule has 0 aromatic rings. The van der Waals surface area contributed by atoms with Gasteiger partial charge in [-0.25, -0.2) is 0 Å². The van der Waals surface area contributed by atoms with Crippen LogP contribution in [0.3, 0.4) is 0 Å². The van der Waals surface area contributed by atoms with E-state index >= 15 is 0 Å². The second-order valence-corrected chi connectivity index (χ2v) is 5.52. The van der Waals surface area contributed by atoms with E-state index in [-0.39, 0.29) is 0 Å². The van der Waals surface area contributed by atoms with Crippen molar-refractivity contribution in [2.45, 2.75) is 44.9 Å². The van der Waals surface area contributed by atoms with Crippen molar-refractivity contribution in [2.75, 3.05) is 13.7 Å². The molecule has 0 bridgehead atoms. The fraction of sp³-hybridized carbons (Fsp3) is 1.00. The summed E-state index contributed by atoms with van der Waals surface area (Å²) in [7, 11) is 1.77. The van der Waals surface area contributed by atoms with Crippen molar-refractivity contribution in [1.29, 1.82) is 0 Å². The Bertz CT molecular complexity index is 105. The average Bonchev–Trinajstić information content (AvgIpc) is 2.02. The van der Waals surface area contributed by atoms with Gasteiger partial charge in [0.25, 0.3) is 0 Å². The lowest BCUT2D eigenvalue weighted by atomic mass is 9.88. The molecule has 0 fully saturated rings. The van der Waals surface area contributed by atoms with Crippen LogP contribution in [0.5, 0.6) is 0 Å². The molecule has 0 aliphatic heterocycles. The summed E-state index contributed by atoms with van der Waals surface area (Å²) >= 11 is 3.68. The Labute approximate surface area is 91.4 Å². The highest BCUT2D eigenvalue weighted by atomic mass is 79.9. The zero-order valence-corrected chi connectivity index (χ0v) is 10.9. The lowest BCUT2D eigenvalue weighted by Crippen LogP contribution is -2.17. The van der Waals surface area contributed by atoms with Crippen molar-refractivity contribution in [1.82, 2.24) is 0 Å². The number of methoxy groups -OCH3 is 1. The second kappa shape index (κ2) is 7.81. The van der Waals surface area contributed by atoms with Crippen LogP contribution in [0.2, 0.25) is 0 Å². The molecule has 0 heterocycles. The molecule has 0 aromatic carbocycles. The molecule has 0 radical (unpaired) electrons. The molecule has 0 aliphatic rings. The number of ether oxygens (including phenoxy) is 1. The van der Waals surface area contributed by atoms with Crippen molar-refractivity contribution >= 4 is 15.9 Å². The average molecular weight is 251 g/mol. The number of rotatable bonds is 7. The molecule has 2 unspecified atom stereocenters. The molecule has 2 atom stereocenters. The van der Waals surface area contributed by atoms with Gasteiger partial charge in [-0.2, -0.15) is 0 Å². The lowest BCUT2D eigenvalue weighted by Gasteiger charge is -2.23. The molecule has 0 spiro atoms. The van der Waals surface area contributed by atoms with Crippen molar-refractivity contribution in [3.05, 3.63) is 0 Å². The smallest absolute Gasteiger partial charge is 0.0462 e. The highest BCUT2D eigenvalue weighted by Crippen LogP contribution is 2.26. The summed E-state index contributed by atoms with van der Waals surface area (Å²) in [5.74, 6) is 1.58. The number of hydrogen-bond acceptors (Lipinski definition) is 1. The van der Waals surface area contributed by atoms with E-state index in [2.05, 4.69) is 36.7 Å². The zero-order valence-electron chi connectivity index (χ0n) is 9.35. The molecule has 80 valence electrons. The van der Waals surface area contributed by atoms with Crippen molar-refractivity contribution in [3.63, 3.8) is 0 Å². The van der Waals surface area contributed by atoms with Gasteiger partial charge in [0, 0.05) is 18.5 Å². The van der Waals surface area contributed by atoms with Gasteiger partial charge in [-0.15, -0.1) is 0 Å². The molecule has 0 rings (SSSR count). The van der Waals surface area contributed by atoms with Crippen LogP contribution in [0.1, 0.15) is 40.0 Å². The van der Waals surface area contributed by atoms with Gasteiger partial charge in [0.2, 0.25) is 0 Å². The van der Waals surface area contributed by atoms with Gasteiger partial charge in [0.1, 0.15) is 0 Å². The summed E-state index contributed by atoms with van der Waals surface area (Å²) in [6.07, 6.45) is 3.79. The zero-order chi connectivity index (χ0) is 10.3. The van der Waals surface area contributed by atoms with Gasteiger partial charge in [-0.3, -0.25) is 0 Å². The first-order valence-corrected chi connectivity index (χ1v) is 6.14. The summed E-state index contributed by atoms with van der Waals surface area (Å²) < 4.78 is 5.03. The van der Waals surface area contributed by atoms with Crippen LogP contribution in [0.25, 0.3) is 0 Å². The van der Waals surface area contributed by atoms with E-state index in [1.165, 1.54) is 19.3 Å². The summed E-state index contributed by atoms with van der Waals surface area (Å²) in [6.45, 7) is 7.76. The molecule has 0 saturated heterocycles. The Morgan fingerprint density at radius 3 is 2.15 bits per heavy atom. The van der Waals surface area contributed by atoms with E-state index < -0.39 is 0 Å². The molecule has 0 N–H and O–H groups in total. The Morgan fingerprint density at radius 1 is 1.15 bits per heavy atom. The van der Waals surface area contributed by atoms with Crippen LogP contribution in [-0.4, -0.2) is 18.5 Å². The SMILES string of the molecule is COCCCCC(C(C)C)C(C)Br. The summed E-state index contributed by atoms with van der Waals surface area (Å²) in [4.78, 5) is 0.634. The lowest BCUT2D eigenvalue weighted by molar-refractivity contribution is 0.188. The highest BCUT2D eigenvalue weighted by molar-refractivity contribution is 9.09. The minimum absolute atomic E-state index is 0.634. The van der Waals surface area contributed by atoms with Crippen LogP contribution >= 0.6 is 15.9 Å². The van der Waals surface area contributed by atoms with Gasteiger partial charge in [0.15, 0.2) is 0 Å². The Hall–Kier alpha value is 0.440. The summed E-state index contributed by atoms with van der Waals surface area (Å²) in [6, 6.07) is 0. The van der Waals surface area contributed by atoms with E-state index in [0.717, 1.165) is 18.4 Å². The van der Waals surface area contributed by atoms with Crippen LogP contribution in [0, 0.1) is 11.8 Å². The Kier molecular flexibility index (Phi) is 8.07. The first-order chi connectivity index (χ1) is 6.09. The van der Waals surface area contributed by atoms with Crippen molar-refractivity contribution < 1.29 is 4.74 Å². The number of halogens is 1. The topological polar surface area (TPSA) is 9.23 Å². The molecule has 0 aromatic heterocycles. The van der Waals surface area contributed by atoms with Crippen LogP contribution < -0.4 is 0 Å². The summed E-state index contributed by atoms with van der Waals surface area (Å²) in [5, 5.41) is 0. The normalized spacial score (nSPS) is 16.2. The van der Waals surface area contributed by atoms with E-state index in [1.807, 2.05) is 0 Å². The third kappa shape index (κ3) is 6.50. The first-order valence-electron chi connectivity index (χ1n) is 5.22. The predicted octanol–water partition coefficient (Wildman–Crippen LogP) is 3.86. The Balaban J connectivity index is 3.58. The van der Waals surface area contributed by atoms with Crippen LogP contribution in [-0.2, 0) is 4.74 Å². The standard InChI is InChI=1S/C11H23BrO/c1-9(2)11(10(3)12)7-5-6-8-13-4/h9-11H,5-8H2,1-4H3. The molecule has 13 heavy (non-hydrogen) atoms. The minimum Gasteiger partial charge on any atom is -0.385 e. The fourth-order valence-corrected chi connectivity index (χ4v) is 2.59. The largest absolute Gasteiger partial charge is 0.385 e. The number of hydrogen-bond donors (Lipinski definition) is 0. The van der Waals surface area contributed by atoms with E-state index in [4.69, 9.17) is 4.74 Å². The molecule has 2 heteroatoms. The van der Waals surface area contributed by atoms with Gasteiger partial charge >= 0.3 is 0 Å². The Morgan fingerprint density at radius 2 is 1.77 bits per heavy atom. The van der Waals surface area contributed by atoms with Gasteiger partial charge < -0.3 is 4.74 Å². The monoisotopic (exact) mass is 250 g/mol. The van der Waals surface area contributed by atoms with Crippen molar-refractivity contribution in [2.24, 2.45) is 11.8 Å². The van der Waals surface area contributed by atoms with Crippen molar-refractivity contribution in [3.8, 4) is 0 Å². The maximum atomic E-state index is 5.03. The van der Waals surface area contributed by atoms with Gasteiger partial charge in [-0.1, -0.05) is 43.1 Å². The highest BCUT2D eigenvalue weighted by Gasteiger charge is 2.17. The molecule has 0 amide bonds. The van der Waals surface area contributed by atoms with Gasteiger partial charge in [-0.05, 0) is 24.7 Å². The fourth-order valence-electron chi connectivity index (χ4n) is 1.72. The maximum Gasteiger partial charge on any atom is 0.0462 e.